The van der Waals surface area contributed by atoms with Crippen LogP contribution < -0.4 is 10.6 Å². The third-order valence-corrected chi connectivity index (χ3v) is 2.34. The maximum Gasteiger partial charge on any atom is 0.251 e. The summed E-state index contributed by atoms with van der Waals surface area (Å²) in [6.45, 7) is 4.56. The van der Waals surface area contributed by atoms with Crippen LogP contribution >= 0.6 is 0 Å². The zero-order valence-electron chi connectivity index (χ0n) is 9.99. The molecule has 0 fully saturated rings. The fraction of sp³-hybridized carbons (Fsp3) is 0.385. The van der Waals surface area contributed by atoms with Crippen molar-refractivity contribution in [3.63, 3.8) is 0 Å². The average molecular weight is 231 g/mol. The molecule has 1 amide bonds. The van der Waals surface area contributed by atoms with Crippen molar-refractivity contribution in [2.45, 2.75) is 13.3 Å². The number of nitrogens with zero attached hydrogens (tertiary/aromatic N) is 1. The molecule has 0 aromatic heterocycles. The molecule has 2 N–H and O–H groups in total. The molecule has 0 saturated carbocycles. The lowest BCUT2D eigenvalue weighted by molar-refractivity contribution is 0.0953. The molecule has 0 aliphatic carbocycles. The van der Waals surface area contributed by atoms with E-state index in [2.05, 4.69) is 17.6 Å². The number of carbonyl (C=O) groups is 1. The third-order valence-electron chi connectivity index (χ3n) is 2.34. The molecule has 0 aliphatic heterocycles. The van der Waals surface area contributed by atoms with E-state index in [0.29, 0.717) is 17.7 Å². The number of nitrogens with one attached hydrogen (secondary N) is 2. The lowest BCUT2D eigenvalue weighted by atomic mass is 10.1. The molecule has 0 unspecified atom stereocenters. The van der Waals surface area contributed by atoms with E-state index < -0.39 is 0 Å². The fourth-order valence-electron chi connectivity index (χ4n) is 1.39. The van der Waals surface area contributed by atoms with Crippen molar-refractivity contribution in [3.8, 4) is 6.07 Å². The third kappa shape index (κ3) is 4.66. The van der Waals surface area contributed by atoms with Crippen LogP contribution in [0.15, 0.2) is 24.3 Å². The van der Waals surface area contributed by atoms with Gasteiger partial charge in [-0.2, -0.15) is 5.26 Å². The van der Waals surface area contributed by atoms with Crippen molar-refractivity contribution < 1.29 is 4.79 Å². The van der Waals surface area contributed by atoms with Crippen molar-refractivity contribution >= 4 is 5.91 Å². The molecule has 4 nitrogen and oxygen atoms in total. The molecule has 1 rings (SSSR count). The summed E-state index contributed by atoms with van der Waals surface area (Å²) in [7, 11) is 0. The molecule has 4 heteroatoms. The Hall–Kier alpha value is -1.86. The van der Waals surface area contributed by atoms with E-state index in [4.69, 9.17) is 5.26 Å². The van der Waals surface area contributed by atoms with Crippen molar-refractivity contribution in [1.29, 1.82) is 5.26 Å². The number of hydrogen-bond donors (Lipinski definition) is 2. The summed E-state index contributed by atoms with van der Waals surface area (Å²) in [5.41, 5.74) is 1.15. The average Bonchev–Trinajstić information content (AvgIpc) is 2.38. The van der Waals surface area contributed by atoms with Crippen LogP contribution in [-0.2, 0) is 0 Å². The van der Waals surface area contributed by atoms with Crippen molar-refractivity contribution in [2.75, 3.05) is 19.6 Å². The Morgan fingerprint density at radius 1 is 1.29 bits per heavy atom. The zero-order chi connectivity index (χ0) is 12.5. The van der Waals surface area contributed by atoms with Gasteiger partial charge in [0, 0.05) is 12.1 Å². The SMILES string of the molecule is CCNCCCNC(=O)c1ccc(C#N)cc1. The largest absolute Gasteiger partial charge is 0.352 e. The second-order valence-corrected chi connectivity index (χ2v) is 3.65. The molecule has 0 aliphatic rings. The Balaban J connectivity index is 2.34. The summed E-state index contributed by atoms with van der Waals surface area (Å²) in [5, 5.41) is 14.7. The van der Waals surface area contributed by atoms with E-state index in [1.807, 2.05) is 6.07 Å². The van der Waals surface area contributed by atoms with Crippen LogP contribution in [0.2, 0.25) is 0 Å². The van der Waals surface area contributed by atoms with Crippen LogP contribution in [0, 0.1) is 11.3 Å². The lowest BCUT2D eigenvalue weighted by Gasteiger charge is -2.05. The Labute approximate surface area is 102 Å². The van der Waals surface area contributed by atoms with Crippen LogP contribution in [0.5, 0.6) is 0 Å². The Bertz CT molecular complexity index is 392. The minimum Gasteiger partial charge on any atom is -0.352 e. The fourth-order valence-corrected chi connectivity index (χ4v) is 1.39. The van der Waals surface area contributed by atoms with Gasteiger partial charge in [0.15, 0.2) is 0 Å². The maximum atomic E-state index is 11.7. The van der Waals surface area contributed by atoms with Crippen LogP contribution in [0.3, 0.4) is 0 Å². The van der Waals surface area contributed by atoms with Crippen molar-refractivity contribution in [1.82, 2.24) is 10.6 Å². The predicted octanol–water partition coefficient (Wildman–Crippen LogP) is 1.29. The highest BCUT2D eigenvalue weighted by molar-refractivity contribution is 5.94. The first-order chi connectivity index (χ1) is 8.27. The Kier molecular flexibility index (Phi) is 5.76. The van der Waals surface area contributed by atoms with Gasteiger partial charge in [0.05, 0.1) is 11.6 Å². The van der Waals surface area contributed by atoms with Crippen LogP contribution in [0.25, 0.3) is 0 Å². The number of carbonyl (C=O) groups excluding carboxylic acids is 1. The second kappa shape index (κ2) is 7.42. The summed E-state index contributed by atoms with van der Waals surface area (Å²) in [6, 6.07) is 8.64. The molecule has 1 aromatic rings. The molecule has 0 bridgehead atoms. The predicted molar refractivity (Wildman–Crippen MR) is 66.7 cm³/mol. The number of rotatable bonds is 6. The molecule has 17 heavy (non-hydrogen) atoms. The molecule has 0 atom stereocenters. The highest BCUT2D eigenvalue weighted by Crippen LogP contribution is 2.02. The van der Waals surface area contributed by atoms with E-state index in [1.54, 1.807) is 24.3 Å². The van der Waals surface area contributed by atoms with E-state index >= 15 is 0 Å². The minimum atomic E-state index is -0.0917. The molecule has 0 saturated heterocycles. The molecular formula is C13H17N3O. The zero-order valence-corrected chi connectivity index (χ0v) is 9.99. The first kappa shape index (κ1) is 13.2. The summed E-state index contributed by atoms with van der Waals surface area (Å²) in [5.74, 6) is -0.0917. The smallest absolute Gasteiger partial charge is 0.251 e. The van der Waals surface area contributed by atoms with Gasteiger partial charge < -0.3 is 10.6 Å². The van der Waals surface area contributed by atoms with E-state index in [9.17, 15) is 4.79 Å². The van der Waals surface area contributed by atoms with Gasteiger partial charge in [-0.25, -0.2) is 0 Å². The highest BCUT2D eigenvalue weighted by Gasteiger charge is 2.03. The van der Waals surface area contributed by atoms with Gasteiger partial charge in [-0.05, 0) is 43.8 Å². The molecule has 0 spiro atoms. The minimum absolute atomic E-state index is 0.0917. The summed E-state index contributed by atoms with van der Waals surface area (Å²) >= 11 is 0. The van der Waals surface area contributed by atoms with Gasteiger partial charge in [-0.3, -0.25) is 4.79 Å². The quantitative estimate of drug-likeness (QED) is 0.725. The molecule has 0 heterocycles. The first-order valence-corrected chi connectivity index (χ1v) is 5.77. The molecule has 0 radical (unpaired) electrons. The second-order valence-electron chi connectivity index (χ2n) is 3.65. The Morgan fingerprint density at radius 3 is 2.59 bits per heavy atom. The number of nitriles is 1. The number of amides is 1. The van der Waals surface area contributed by atoms with Crippen LogP contribution in [-0.4, -0.2) is 25.5 Å². The van der Waals surface area contributed by atoms with Crippen molar-refractivity contribution in [2.24, 2.45) is 0 Å². The molecule has 1 aromatic carbocycles. The lowest BCUT2D eigenvalue weighted by Crippen LogP contribution is -2.27. The summed E-state index contributed by atoms with van der Waals surface area (Å²) in [4.78, 5) is 11.7. The normalized spacial score (nSPS) is 9.65. The number of hydrogen-bond acceptors (Lipinski definition) is 3. The number of benzene rings is 1. The van der Waals surface area contributed by atoms with Gasteiger partial charge in [0.1, 0.15) is 0 Å². The van der Waals surface area contributed by atoms with E-state index in [-0.39, 0.29) is 5.91 Å². The molecule has 90 valence electrons. The van der Waals surface area contributed by atoms with Crippen LogP contribution in [0.1, 0.15) is 29.3 Å². The van der Waals surface area contributed by atoms with E-state index in [0.717, 1.165) is 19.5 Å². The topological polar surface area (TPSA) is 64.9 Å². The van der Waals surface area contributed by atoms with Crippen molar-refractivity contribution in [3.05, 3.63) is 35.4 Å². The van der Waals surface area contributed by atoms with Gasteiger partial charge >= 0.3 is 0 Å². The van der Waals surface area contributed by atoms with Gasteiger partial charge in [-0.15, -0.1) is 0 Å². The summed E-state index contributed by atoms with van der Waals surface area (Å²) in [6.07, 6.45) is 0.913. The van der Waals surface area contributed by atoms with Crippen LogP contribution in [0.4, 0.5) is 0 Å². The maximum absolute atomic E-state index is 11.7. The standard InChI is InChI=1S/C13H17N3O/c1-2-15-8-3-9-16-13(17)12-6-4-11(10-14)5-7-12/h4-7,15H,2-3,8-9H2,1H3,(H,16,17). The highest BCUT2D eigenvalue weighted by atomic mass is 16.1. The van der Waals surface area contributed by atoms with Gasteiger partial charge in [-0.1, -0.05) is 6.92 Å². The molecular weight excluding hydrogens is 214 g/mol. The Morgan fingerprint density at radius 2 is 2.00 bits per heavy atom. The van der Waals surface area contributed by atoms with E-state index in [1.165, 1.54) is 0 Å². The monoisotopic (exact) mass is 231 g/mol. The van der Waals surface area contributed by atoms with Gasteiger partial charge in [0.2, 0.25) is 0 Å². The summed E-state index contributed by atoms with van der Waals surface area (Å²) < 4.78 is 0. The first-order valence-electron chi connectivity index (χ1n) is 5.77. The van der Waals surface area contributed by atoms with Gasteiger partial charge in [0.25, 0.3) is 5.91 Å².